The van der Waals surface area contributed by atoms with E-state index in [1.165, 1.54) is 0 Å². The van der Waals surface area contributed by atoms with Gasteiger partial charge in [-0.2, -0.15) is 0 Å². The fraction of sp³-hybridized carbons (Fsp3) is 0.417. The van der Waals surface area contributed by atoms with Gasteiger partial charge in [-0.1, -0.05) is 29.3 Å². The summed E-state index contributed by atoms with van der Waals surface area (Å²) in [5, 5.41) is 3.58. The lowest BCUT2D eigenvalue weighted by molar-refractivity contribution is 0.0953. The fourth-order valence-electron chi connectivity index (χ4n) is 1.36. The number of carbonyl (C=O) groups excluding carboxylic acids is 1. The highest BCUT2D eigenvalue weighted by Crippen LogP contribution is 2.25. The van der Waals surface area contributed by atoms with Crippen LogP contribution in [0.25, 0.3) is 0 Å². The Morgan fingerprint density at radius 3 is 2.76 bits per heavy atom. The number of alkyl halides is 1. The molecule has 0 aromatic heterocycles. The van der Waals surface area contributed by atoms with Crippen LogP contribution in [0.3, 0.4) is 0 Å². The predicted molar refractivity (Wildman–Crippen MR) is 73.3 cm³/mol. The minimum absolute atomic E-state index is 0.127. The van der Waals surface area contributed by atoms with Gasteiger partial charge in [0.05, 0.1) is 15.6 Å². The summed E-state index contributed by atoms with van der Waals surface area (Å²) in [6, 6.07) is 4.99. The summed E-state index contributed by atoms with van der Waals surface area (Å²) >= 11 is 17.6. The van der Waals surface area contributed by atoms with Gasteiger partial charge in [0.2, 0.25) is 0 Å². The van der Waals surface area contributed by atoms with Gasteiger partial charge in [-0.15, -0.1) is 11.6 Å². The first kappa shape index (κ1) is 14.6. The number of amides is 1. The molecule has 0 heterocycles. The van der Waals surface area contributed by atoms with Gasteiger partial charge in [-0.3, -0.25) is 4.79 Å². The molecular weight excluding hydrogens is 280 g/mol. The lowest BCUT2D eigenvalue weighted by Gasteiger charge is -2.08. The van der Waals surface area contributed by atoms with Crippen LogP contribution in [0.5, 0.6) is 0 Å². The third-order valence-corrected chi connectivity index (χ3v) is 3.30. The molecule has 0 bridgehead atoms. The predicted octanol–water partition coefficient (Wildman–Crippen LogP) is 4.13. The quantitative estimate of drug-likeness (QED) is 0.642. The smallest absolute Gasteiger partial charge is 0.252 e. The molecule has 1 aromatic rings. The second-order valence-electron chi connectivity index (χ2n) is 3.78. The molecule has 1 N–H and O–H groups in total. The third kappa shape index (κ3) is 4.74. The van der Waals surface area contributed by atoms with Crippen molar-refractivity contribution in [2.75, 3.05) is 6.54 Å². The van der Waals surface area contributed by atoms with Crippen LogP contribution in [-0.2, 0) is 0 Å². The van der Waals surface area contributed by atoms with Crippen molar-refractivity contribution in [2.24, 2.45) is 0 Å². The summed E-state index contributed by atoms with van der Waals surface area (Å²) in [7, 11) is 0. The normalized spacial score (nSPS) is 12.2. The number of nitrogens with one attached hydrogen (secondary N) is 1. The van der Waals surface area contributed by atoms with Crippen molar-refractivity contribution in [1.82, 2.24) is 5.32 Å². The van der Waals surface area contributed by atoms with E-state index in [1.807, 2.05) is 6.92 Å². The van der Waals surface area contributed by atoms with E-state index in [-0.39, 0.29) is 16.3 Å². The Balaban J connectivity index is 2.50. The molecule has 0 radical (unpaired) electrons. The first-order valence-corrected chi connectivity index (χ1v) is 6.58. The highest BCUT2D eigenvalue weighted by atomic mass is 35.5. The van der Waals surface area contributed by atoms with Gasteiger partial charge >= 0.3 is 0 Å². The van der Waals surface area contributed by atoms with E-state index in [2.05, 4.69) is 5.32 Å². The van der Waals surface area contributed by atoms with Crippen LogP contribution < -0.4 is 5.32 Å². The van der Waals surface area contributed by atoms with Gasteiger partial charge in [0.25, 0.3) is 5.91 Å². The van der Waals surface area contributed by atoms with Crippen LogP contribution in [0.2, 0.25) is 10.0 Å². The molecule has 0 aliphatic heterocycles. The second-order valence-corrected chi connectivity index (χ2v) is 5.31. The summed E-state index contributed by atoms with van der Waals surface area (Å²) in [5.41, 5.74) is 0.401. The molecule has 1 rings (SSSR count). The van der Waals surface area contributed by atoms with Crippen molar-refractivity contribution < 1.29 is 4.79 Å². The van der Waals surface area contributed by atoms with E-state index in [0.29, 0.717) is 17.1 Å². The zero-order valence-electron chi connectivity index (χ0n) is 9.47. The van der Waals surface area contributed by atoms with E-state index in [9.17, 15) is 4.79 Å². The number of halogens is 3. The van der Waals surface area contributed by atoms with Crippen molar-refractivity contribution in [3.8, 4) is 0 Å². The summed E-state index contributed by atoms with van der Waals surface area (Å²) < 4.78 is 0. The Morgan fingerprint density at radius 1 is 1.41 bits per heavy atom. The molecule has 1 atom stereocenters. The largest absolute Gasteiger partial charge is 0.352 e. The summed E-state index contributed by atoms with van der Waals surface area (Å²) in [6.45, 7) is 2.51. The van der Waals surface area contributed by atoms with E-state index >= 15 is 0 Å². The van der Waals surface area contributed by atoms with Crippen molar-refractivity contribution in [3.63, 3.8) is 0 Å². The summed E-state index contributed by atoms with van der Waals surface area (Å²) in [5.74, 6) is -0.209. The number of hydrogen-bond donors (Lipinski definition) is 1. The topological polar surface area (TPSA) is 29.1 Å². The number of rotatable bonds is 5. The molecule has 1 unspecified atom stereocenters. The van der Waals surface area contributed by atoms with Gasteiger partial charge in [0, 0.05) is 11.9 Å². The molecule has 2 nitrogen and oxygen atoms in total. The number of hydrogen-bond acceptors (Lipinski definition) is 1. The monoisotopic (exact) mass is 293 g/mol. The second kappa shape index (κ2) is 7.10. The first-order valence-electron chi connectivity index (χ1n) is 5.38. The molecule has 0 spiro atoms. The van der Waals surface area contributed by atoms with Gasteiger partial charge < -0.3 is 5.32 Å². The van der Waals surface area contributed by atoms with Crippen LogP contribution in [0, 0.1) is 0 Å². The highest BCUT2D eigenvalue weighted by molar-refractivity contribution is 6.43. The lowest BCUT2D eigenvalue weighted by atomic mass is 10.2. The zero-order valence-corrected chi connectivity index (χ0v) is 11.7. The molecule has 0 aliphatic rings. The minimum Gasteiger partial charge on any atom is -0.352 e. The molecule has 1 aromatic carbocycles. The average molecular weight is 295 g/mol. The van der Waals surface area contributed by atoms with Crippen LogP contribution in [-0.4, -0.2) is 17.8 Å². The Labute approximate surface area is 116 Å². The van der Waals surface area contributed by atoms with E-state index in [1.54, 1.807) is 18.2 Å². The maximum absolute atomic E-state index is 11.8. The molecule has 94 valence electrons. The maximum Gasteiger partial charge on any atom is 0.252 e. The molecule has 0 saturated heterocycles. The molecule has 0 aliphatic carbocycles. The molecule has 1 amide bonds. The average Bonchev–Trinajstić information content (AvgIpc) is 2.27. The molecular formula is C12H14Cl3NO. The first-order chi connectivity index (χ1) is 8.02. The Bertz CT molecular complexity index is 393. The third-order valence-electron chi connectivity index (χ3n) is 2.26. The Kier molecular flexibility index (Phi) is 6.10. The number of benzene rings is 1. The van der Waals surface area contributed by atoms with E-state index in [4.69, 9.17) is 34.8 Å². The van der Waals surface area contributed by atoms with Gasteiger partial charge in [0.1, 0.15) is 0 Å². The summed E-state index contributed by atoms with van der Waals surface area (Å²) in [6.07, 6.45) is 1.71. The lowest BCUT2D eigenvalue weighted by Crippen LogP contribution is -2.25. The Morgan fingerprint density at radius 2 is 2.12 bits per heavy atom. The van der Waals surface area contributed by atoms with E-state index < -0.39 is 0 Å². The molecule has 17 heavy (non-hydrogen) atoms. The van der Waals surface area contributed by atoms with Crippen LogP contribution in [0.15, 0.2) is 18.2 Å². The minimum atomic E-state index is -0.209. The molecule has 5 heteroatoms. The fourth-order valence-corrected chi connectivity index (χ4v) is 1.90. The van der Waals surface area contributed by atoms with Crippen molar-refractivity contribution in [2.45, 2.75) is 25.1 Å². The van der Waals surface area contributed by atoms with Crippen molar-refractivity contribution in [1.29, 1.82) is 0 Å². The summed E-state index contributed by atoms with van der Waals surface area (Å²) in [4.78, 5) is 11.8. The van der Waals surface area contributed by atoms with Crippen molar-refractivity contribution in [3.05, 3.63) is 33.8 Å². The SMILES string of the molecule is CC(Cl)CCCNC(=O)c1cccc(Cl)c1Cl. The van der Waals surface area contributed by atoms with Crippen LogP contribution >= 0.6 is 34.8 Å². The van der Waals surface area contributed by atoms with Crippen LogP contribution in [0.4, 0.5) is 0 Å². The highest BCUT2D eigenvalue weighted by Gasteiger charge is 2.11. The van der Waals surface area contributed by atoms with Gasteiger partial charge in [-0.25, -0.2) is 0 Å². The zero-order chi connectivity index (χ0) is 12.8. The Hall–Kier alpha value is -0.440. The standard InChI is InChI=1S/C12H14Cl3NO/c1-8(13)4-3-7-16-12(17)9-5-2-6-10(14)11(9)15/h2,5-6,8H,3-4,7H2,1H3,(H,16,17). The van der Waals surface area contributed by atoms with Crippen molar-refractivity contribution >= 4 is 40.7 Å². The van der Waals surface area contributed by atoms with E-state index in [0.717, 1.165) is 12.8 Å². The molecule has 0 saturated carbocycles. The molecule has 0 fully saturated rings. The van der Waals surface area contributed by atoms with Gasteiger partial charge in [-0.05, 0) is 31.9 Å². The number of carbonyl (C=O) groups is 1. The maximum atomic E-state index is 11.8. The van der Waals surface area contributed by atoms with Crippen LogP contribution in [0.1, 0.15) is 30.1 Å². The van der Waals surface area contributed by atoms with Gasteiger partial charge in [0.15, 0.2) is 0 Å².